The third-order valence-corrected chi connectivity index (χ3v) is 3.15. The summed E-state index contributed by atoms with van der Waals surface area (Å²) in [5, 5.41) is 0. The fourth-order valence-electron chi connectivity index (χ4n) is 1.24. The Morgan fingerprint density at radius 1 is 0.923 bits per heavy atom. The van der Waals surface area contributed by atoms with Gasteiger partial charge in [-0.1, -0.05) is 0 Å². The minimum absolute atomic E-state index is 0.786. The molecule has 0 fully saturated rings. The van der Waals surface area contributed by atoms with Gasteiger partial charge in [0, 0.05) is 0 Å². The number of hydrogen-bond donors (Lipinski definition) is 0. The van der Waals surface area contributed by atoms with E-state index in [1.165, 1.54) is 23.4 Å². The molecule has 1 rings (SSSR count). The molecule has 0 spiro atoms. The van der Waals surface area contributed by atoms with E-state index in [9.17, 15) is 0 Å². The fraction of sp³-hybridized carbons (Fsp3) is 0.263. The van der Waals surface area contributed by atoms with Crippen molar-refractivity contribution >= 4 is 4.08 Å². The molecule has 0 bridgehead atoms. The first-order valence-electron chi connectivity index (χ1n) is 6.54. The summed E-state index contributed by atoms with van der Waals surface area (Å²) >= 11 is 1.44. The summed E-state index contributed by atoms with van der Waals surface area (Å²) in [5.74, 6) is 6.35. The molecule has 7 heteroatoms. The Labute approximate surface area is 165 Å². The van der Waals surface area contributed by atoms with E-state index in [-0.39, 0.29) is 0 Å². The summed E-state index contributed by atoms with van der Waals surface area (Å²) < 4.78 is 44.1. The average molecular weight is 524 g/mol. The Kier molecular flexibility index (Phi) is 58.8. The predicted octanol–water partition coefficient (Wildman–Crippen LogP) is 2.73. The van der Waals surface area contributed by atoms with Crippen LogP contribution in [0.1, 0.15) is 31.7 Å². The van der Waals surface area contributed by atoms with Crippen molar-refractivity contribution in [2.75, 3.05) is 6.61 Å². The van der Waals surface area contributed by atoms with Crippen LogP contribution in [0.3, 0.4) is 0 Å². The first kappa shape index (κ1) is 35.2. The second kappa shape index (κ2) is 43.5. The maximum atomic E-state index is 7.50. The van der Waals surface area contributed by atoms with E-state index in [2.05, 4.69) is 45.1 Å². The normalized spacial score (nSPS) is 6.12. The Morgan fingerprint density at radius 3 is 1.81 bits per heavy atom. The van der Waals surface area contributed by atoms with Gasteiger partial charge in [0.15, 0.2) is 0 Å². The summed E-state index contributed by atoms with van der Waals surface area (Å²) in [5.41, 5.74) is 1.10. The van der Waals surface area contributed by atoms with Gasteiger partial charge in [-0.25, -0.2) is 0 Å². The summed E-state index contributed by atoms with van der Waals surface area (Å²) in [6.45, 7) is 25.3. The Balaban J connectivity index is -0.000000127. The SMILES string of the molecule is CCO[C](=[W])CCCC#Cc1ccccc1.[C-]#[O+].[C-]#[O+].[C-]#[O+].[C-]#[O+].[C-]#[O+]. The van der Waals surface area contributed by atoms with Gasteiger partial charge >= 0.3 is 165 Å². The van der Waals surface area contributed by atoms with Crippen LogP contribution in [0.5, 0.6) is 0 Å². The summed E-state index contributed by atoms with van der Waals surface area (Å²) in [7, 11) is 0. The van der Waals surface area contributed by atoms with E-state index in [1.807, 2.05) is 37.3 Å². The molecule has 0 saturated carbocycles. The third-order valence-electron chi connectivity index (χ3n) is 1.99. The molecule has 26 heavy (non-hydrogen) atoms. The van der Waals surface area contributed by atoms with Crippen molar-refractivity contribution < 1.29 is 47.4 Å². The van der Waals surface area contributed by atoms with Crippen molar-refractivity contribution in [1.29, 1.82) is 0 Å². The monoisotopic (exact) mass is 524 g/mol. The molecule has 0 aromatic heterocycles. The molecular formula is C19H16O6W. The molecule has 0 N–H and O–H groups in total. The average Bonchev–Trinajstić information content (AvgIpc) is 2.76. The molecule has 1 aromatic carbocycles. The van der Waals surface area contributed by atoms with E-state index < -0.39 is 0 Å². The van der Waals surface area contributed by atoms with Gasteiger partial charge in [0.05, 0.1) is 0 Å². The van der Waals surface area contributed by atoms with Crippen molar-refractivity contribution in [2.24, 2.45) is 0 Å². The Morgan fingerprint density at radius 2 is 1.38 bits per heavy atom. The van der Waals surface area contributed by atoms with Gasteiger partial charge in [-0.3, -0.25) is 0 Å². The quantitative estimate of drug-likeness (QED) is 0.251. The first-order valence-corrected chi connectivity index (χ1v) is 8.01. The molecule has 0 unspecified atom stereocenters. The number of rotatable bonds is 5. The number of ether oxygens (including phenoxy) is 1. The number of benzene rings is 1. The molecule has 0 saturated heterocycles. The zero-order chi connectivity index (χ0) is 21.6. The van der Waals surface area contributed by atoms with Crippen LogP contribution in [0.2, 0.25) is 0 Å². The van der Waals surface area contributed by atoms with E-state index in [0.717, 1.165) is 31.4 Å². The van der Waals surface area contributed by atoms with Crippen LogP contribution in [0.15, 0.2) is 30.3 Å². The standard InChI is InChI=1S/C14H16O.5CO.W/c1-2-15-13-9-4-3-6-10-14-11-7-5-8-12-14;5*1-2;/h5,7-8,11-12H,2-4,9H2,1H3;;;;;;. The molecule has 0 aliphatic rings. The molecule has 0 atom stereocenters. The Hall–Kier alpha value is -2.00. The van der Waals surface area contributed by atoms with Gasteiger partial charge < -0.3 is 0 Å². The third kappa shape index (κ3) is 33.6. The van der Waals surface area contributed by atoms with E-state index >= 15 is 0 Å². The van der Waals surface area contributed by atoms with Crippen LogP contribution in [-0.4, -0.2) is 10.7 Å². The van der Waals surface area contributed by atoms with Crippen molar-refractivity contribution in [3.8, 4) is 11.8 Å². The van der Waals surface area contributed by atoms with Crippen molar-refractivity contribution in [3.05, 3.63) is 69.1 Å². The molecule has 134 valence electrons. The molecule has 0 radical (unpaired) electrons. The molecule has 0 heterocycles. The van der Waals surface area contributed by atoms with Crippen molar-refractivity contribution in [3.63, 3.8) is 0 Å². The molecule has 0 amide bonds. The molecule has 0 aliphatic heterocycles. The van der Waals surface area contributed by atoms with E-state index in [1.54, 1.807) is 0 Å². The van der Waals surface area contributed by atoms with Crippen LogP contribution < -0.4 is 0 Å². The second-order valence-electron chi connectivity index (χ2n) is 3.33. The van der Waals surface area contributed by atoms with Gasteiger partial charge in [-0.05, 0) is 0 Å². The fourth-order valence-corrected chi connectivity index (χ4v) is 2.18. The second-order valence-corrected chi connectivity index (χ2v) is 4.96. The van der Waals surface area contributed by atoms with Crippen LogP contribution >= 0.6 is 0 Å². The summed E-state index contributed by atoms with van der Waals surface area (Å²) in [4.78, 5) is 0. The van der Waals surface area contributed by atoms with Crippen LogP contribution in [0.25, 0.3) is 0 Å². The van der Waals surface area contributed by atoms with Crippen LogP contribution in [0.4, 0.5) is 0 Å². The molecular weight excluding hydrogens is 508 g/mol. The number of hydrogen-bond acceptors (Lipinski definition) is 1. The van der Waals surface area contributed by atoms with Crippen LogP contribution in [-0.2, 0) is 47.4 Å². The van der Waals surface area contributed by atoms with E-state index in [4.69, 9.17) is 28.0 Å². The van der Waals surface area contributed by atoms with E-state index in [0.29, 0.717) is 0 Å². The van der Waals surface area contributed by atoms with Gasteiger partial charge in [-0.15, -0.1) is 0 Å². The topological polar surface area (TPSA) is 109 Å². The summed E-state index contributed by atoms with van der Waals surface area (Å²) in [6, 6.07) is 10.1. The van der Waals surface area contributed by atoms with Crippen molar-refractivity contribution in [1.82, 2.24) is 0 Å². The van der Waals surface area contributed by atoms with Crippen molar-refractivity contribution in [2.45, 2.75) is 26.2 Å². The van der Waals surface area contributed by atoms with Gasteiger partial charge in [0.1, 0.15) is 0 Å². The zero-order valence-electron chi connectivity index (χ0n) is 14.1. The zero-order valence-corrected chi connectivity index (χ0v) is 17.0. The van der Waals surface area contributed by atoms with Gasteiger partial charge in [0.25, 0.3) is 0 Å². The van der Waals surface area contributed by atoms with Crippen LogP contribution in [0, 0.1) is 45.1 Å². The molecule has 0 aliphatic carbocycles. The minimum atomic E-state index is 0.786. The maximum absolute atomic E-state index is 7.50. The van der Waals surface area contributed by atoms with Gasteiger partial charge in [0.2, 0.25) is 0 Å². The number of unbranched alkanes of at least 4 members (excludes halogenated alkanes) is 1. The summed E-state index contributed by atoms with van der Waals surface area (Å²) in [6.07, 6.45) is 3.09. The molecule has 6 nitrogen and oxygen atoms in total. The predicted molar refractivity (Wildman–Crippen MR) is 83.5 cm³/mol. The van der Waals surface area contributed by atoms with Gasteiger partial charge in [-0.2, -0.15) is 0 Å². The molecule has 1 aromatic rings. The Bertz CT molecular complexity index is 538. The first-order chi connectivity index (χ1) is 12.8.